The summed E-state index contributed by atoms with van der Waals surface area (Å²) < 4.78 is 0. The first-order chi connectivity index (χ1) is 7.59. The lowest BCUT2D eigenvalue weighted by atomic mass is 9.89. The summed E-state index contributed by atoms with van der Waals surface area (Å²) >= 11 is 0. The molecular formula is C9H14N4O3. The van der Waals surface area contributed by atoms with Crippen molar-refractivity contribution in [2.24, 2.45) is 0 Å². The molecule has 1 saturated heterocycles. The van der Waals surface area contributed by atoms with E-state index in [1.807, 2.05) is 0 Å². The fourth-order valence-corrected chi connectivity index (χ4v) is 1.98. The number of aromatic amines is 1. The van der Waals surface area contributed by atoms with Gasteiger partial charge in [0.05, 0.1) is 17.4 Å². The number of aromatic nitrogens is 2. The third-order valence-corrected chi connectivity index (χ3v) is 2.77. The van der Waals surface area contributed by atoms with E-state index >= 15 is 0 Å². The van der Waals surface area contributed by atoms with Crippen LogP contribution in [0.5, 0.6) is 0 Å². The first-order valence-corrected chi connectivity index (χ1v) is 5.21. The minimum atomic E-state index is -0.832. The molecule has 7 nitrogen and oxygen atoms in total. The van der Waals surface area contributed by atoms with Crippen molar-refractivity contribution in [1.29, 1.82) is 0 Å². The van der Waals surface area contributed by atoms with Crippen molar-refractivity contribution < 1.29 is 10.0 Å². The molecule has 1 atom stereocenters. The molecule has 0 aromatic carbocycles. The normalized spacial score (nSPS) is 25.6. The lowest BCUT2D eigenvalue weighted by Gasteiger charge is -2.31. The van der Waals surface area contributed by atoms with Crippen molar-refractivity contribution in [1.82, 2.24) is 15.5 Å². The number of aliphatic hydroxyl groups is 1. The molecule has 0 bridgehead atoms. The van der Waals surface area contributed by atoms with E-state index in [0.29, 0.717) is 25.1 Å². The molecule has 0 aliphatic carbocycles. The molecule has 1 aromatic heterocycles. The van der Waals surface area contributed by atoms with Crippen molar-refractivity contribution >= 4 is 5.82 Å². The Balaban J connectivity index is 2.04. The molecule has 0 radical (unpaired) electrons. The highest BCUT2D eigenvalue weighted by Gasteiger charge is 2.31. The van der Waals surface area contributed by atoms with Gasteiger partial charge in [0, 0.05) is 13.0 Å². The van der Waals surface area contributed by atoms with Gasteiger partial charge in [0.25, 0.3) is 0 Å². The first-order valence-electron chi connectivity index (χ1n) is 5.21. The number of rotatable bonds is 3. The van der Waals surface area contributed by atoms with Gasteiger partial charge in [-0.15, -0.1) is 5.10 Å². The van der Waals surface area contributed by atoms with Gasteiger partial charge in [-0.25, -0.2) is 0 Å². The molecule has 16 heavy (non-hydrogen) atoms. The SMILES string of the molecule is O=[N+]([O-])c1cc(CC2(O)CCCNC2)n[nH]1. The maximum atomic E-state index is 10.4. The molecule has 1 aliphatic heterocycles. The van der Waals surface area contributed by atoms with Crippen LogP contribution in [-0.2, 0) is 6.42 Å². The molecule has 1 unspecified atom stereocenters. The second-order valence-corrected chi connectivity index (χ2v) is 4.18. The largest absolute Gasteiger partial charge is 0.388 e. The van der Waals surface area contributed by atoms with E-state index in [2.05, 4.69) is 15.5 Å². The van der Waals surface area contributed by atoms with Crippen LogP contribution in [0.2, 0.25) is 0 Å². The number of nitro groups is 1. The predicted octanol–water partition coefficient (Wildman–Crippen LogP) is -0.0251. The molecular weight excluding hydrogens is 212 g/mol. The Morgan fingerprint density at radius 2 is 2.50 bits per heavy atom. The van der Waals surface area contributed by atoms with E-state index in [-0.39, 0.29) is 5.82 Å². The van der Waals surface area contributed by atoms with Crippen molar-refractivity contribution in [3.8, 4) is 0 Å². The predicted molar refractivity (Wildman–Crippen MR) is 56.0 cm³/mol. The molecule has 88 valence electrons. The summed E-state index contributed by atoms with van der Waals surface area (Å²) in [4.78, 5) is 9.92. The highest BCUT2D eigenvalue weighted by atomic mass is 16.6. The fourth-order valence-electron chi connectivity index (χ4n) is 1.98. The number of hydrogen-bond donors (Lipinski definition) is 3. The lowest BCUT2D eigenvalue weighted by molar-refractivity contribution is -0.389. The number of hydrogen-bond acceptors (Lipinski definition) is 5. The van der Waals surface area contributed by atoms with Crippen LogP contribution >= 0.6 is 0 Å². The molecule has 0 amide bonds. The number of piperidine rings is 1. The highest BCUT2D eigenvalue weighted by Crippen LogP contribution is 2.21. The summed E-state index contributed by atoms with van der Waals surface area (Å²) in [7, 11) is 0. The molecule has 1 aliphatic rings. The third-order valence-electron chi connectivity index (χ3n) is 2.77. The summed E-state index contributed by atoms with van der Waals surface area (Å²) in [5.41, 5.74) is -0.306. The topological polar surface area (TPSA) is 104 Å². The highest BCUT2D eigenvalue weighted by molar-refractivity contribution is 5.22. The number of nitrogens with one attached hydrogen (secondary N) is 2. The van der Waals surface area contributed by atoms with E-state index in [4.69, 9.17) is 0 Å². The Kier molecular flexibility index (Phi) is 2.88. The van der Waals surface area contributed by atoms with Gasteiger partial charge in [0.15, 0.2) is 0 Å². The Hall–Kier alpha value is -1.47. The van der Waals surface area contributed by atoms with E-state index in [1.165, 1.54) is 6.07 Å². The summed E-state index contributed by atoms with van der Waals surface area (Å²) in [6.07, 6.45) is 1.94. The first kappa shape index (κ1) is 11.0. The van der Waals surface area contributed by atoms with Gasteiger partial charge in [0.1, 0.15) is 0 Å². The average Bonchev–Trinajstić information content (AvgIpc) is 2.66. The quantitative estimate of drug-likeness (QED) is 0.496. The zero-order valence-electron chi connectivity index (χ0n) is 8.77. The van der Waals surface area contributed by atoms with Gasteiger partial charge >= 0.3 is 5.82 Å². The van der Waals surface area contributed by atoms with Gasteiger partial charge in [-0.05, 0) is 24.3 Å². The van der Waals surface area contributed by atoms with Crippen LogP contribution in [0.15, 0.2) is 6.07 Å². The van der Waals surface area contributed by atoms with Gasteiger partial charge in [-0.1, -0.05) is 5.10 Å². The second-order valence-electron chi connectivity index (χ2n) is 4.18. The molecule has 1 aromatic rings. The Labute approximate surface area is 92.0 Å². The molecule has 1 fully saturated rings. The molecule has 2 rings (SSSR count). The minimum absolute atomic E-state index is 0.137. The summed E-state index contributed by atoms with van der Waals surface area (Å²) in [5, 5.41) is 29.9. The van der Waals surface area contributed by atoms with Crippen molar-refractivity contribution in [2.75, 3.05) is 13.1 Å². The average molecular weight is 226 g/mol. The maximum absolute atomic E-state index is 10.4. The van der Waals surface area contributed by atoms with Crippen LogP contribution < -0.4 is 5.32 Å². The summed E-state index contributed by atoms with van der Waals surface area (Å²) in [6, 6.07) is 1.37. The van der Waals surface area contributed by atoms with Crippen LogP contribution in [0.1, 0.15) is 18.5 Å². The summed E-state index contributed by atoms with van der Waals surface area (Å²) in [5.74, 6) is -0.137. The maximum Gasteiger partial charge on any atom is 0.342 e. The van der Waals surface area contributed by atoms with E-state index in [1.54, 1.807) is 0 Å². The zero-order valence-corrected chi connectivity index (χ0v) is 8.77. The van der Waals surface area contributed by atoms with Crippen LogP contribution in [-0.4, -0.2) is 38.9 Å². The molecule has 0 spiro atoms. The molecule has 2 heterocycles. The summed E-state index contributed by atoms with van der Waals surface area (Å²) in [6.45, 7) is 1.41. The number of β-amino-alcohol motifs (C(OH)–C–C–N with tert-alkyl or cyclic N) is 1. The van der Waals surface area contributed by atoms with Crippen LogP contribution in [0.3, 0.4) is 0 Å². The molecule has 7 heteroatoms. The van der Waals surface area contributed by atoms with Gasteiger partial charge in [-0.3, -0.25) is 0 Å². The van der Waals surface area contributed by atoms with Crippen molar-refractivity contribution in [3.63, 3.8) is 0 Å². The fraction of sp³-hybridized carbons (Fsp3) is 0.667. The molecule has 3 N–H and O–H groups in total. The third kappa shape index (κ3) is 2.37. The Bertz CT molecular complexity index is 384. The van der Waals surface area contributed by atoms with Crippen LogP contribution in [0, 0.1) is 10.1 Å². The monoisotopic (exact) mass is 226 g/mol. The smallest absolute Gasteiger partial charge is 0.342 e. The van der Waals surface area contributed by atoms with Crippen LogP contribution in [0.25, 0.3) is 0 Å². The number of nitrogens with zero attached hydrogens (tertiary/aromatic N) is 2. The van der Waals surface area contributed by atoms with E-state index in [0.717, 1.165) is 13.0 Å². The standard InChI is InChI=1S/C9H14N4O3/c14-9(2-1-3-10-6-9)5-7-4-8(12-11-7)13(15)16/h4,10,14H,1-3,5-6H2,(H,11,12). The van der Waals surface area contributed by atoms with E-state index in [9.17, 15) is 15.2 Å². The molecule has 0 saturated carbocycles. The lowest BCUT2D eigenvalue weighted by Crippen LogP contribution is -2.47. The Morgan fingerprint density at radius 1 is 1.69 bits per heavy atom. The van der Waals surface area contributed by atoms with Gasteiger partial charge in [0.2, 0.25) is 0 Å². The van der Waals surface area contributed by atoms with Crippen LogP contribution in [0.4, 0.5) is 5.82 Å². The second kappa shape index (κ2) is 4.18. The Morgan fingerprint density at radius 3 is 3.06 bits per heavy atom. The van der Waals surface area contributed by atoms with Gasteiger partial charge < -0.3 is 20.5 Å². The number of H-pyrrole nitrogens is 1. The van der Waals surface area contributed by atoms with E-state index < -0.39 is 10.5 Å². The van der Waals surface area contributed by atoms with Gasteiger partial charge in [-0.2, -0.15) is 0 Å². The van der Waals surface area contributed by atoms with Crippen molar-refractivity contribution in [3.05, 3.63) is 21.9 Å². The van der Waals surface area contributed by atoms with Crippen molar-refractivity contribution in [2.45, 2.75) is 24.9 Å². The zero-order chi connectivity index (χ0) is 11.6. The minimum Gasteiger partial charge on any atom is -0.388 e.